The molecule has 3 aromatic rings. The number of anilines is 1. The van der Waals surface area contributed by atoms with Crippen molar-refractivity contribution in [1.29, 1.82) is 0 Å². The number of carbonyl (C=O) groups excluding carboxylic acids is 1. The van der Waals surface area contributed by atoms with E-state index in [0.717, 1.165) is 22.3 Å². The number of nitrogens with one attached hydrogen (secondary N) is 1. The van der Waals surface area contributed by atoms with Crippen LogP contribution in [0.4, 0.5) is 11.4 Å². The number of benzene rings is 3. The summed E-state index contributed by atoms with van der Waals surface area (Å²) in [6.07, 6.45) is 0. The number of nitro groups is 1. The van der Waals surface area contributed by atoms with Crippen molar-refractivity contribution in [3.63, 3.8) is 0 Å². The summed E-state index contributed by atoms with van der Waals surface area (Å²) in [5.41, 5.74) is 4.08. The van der Waals surface area contributed by atoms with Crippen LogP contribution in [0.3, 0.4) is 0 Å². The van der Waals surface area contributed by atoms with E-state index in [-0.39, 0.29) is 27.7 Å². The maximum Gasteiger partial charge on any atom is 0.336 e. The maximum absolute atomic E-state index is 13.9. The Hall–Kier alpha value is -4.04. The van der Waals surface area contributed by atoms with Crippen molar-refractivity contribution >= 4 is 26.2 Å². The second-order valence-electron chi connectivity index (χ2n) is 11.6. The third-order valence-electron chi connectivity index (χ3n) is 7.40. The molecule has 1 aliphatic rings. The molecule has 3 aromatic carbocycles. The summed E-state index contributed by atoms with van der Waals surface area (Å²) < 4.78 is 12.0. The number of aliphatic hydroxyl groups is 1. The van der Waals surface area contributed by atoms with Crippen LogP contribution in [0, 0.1) is 15.5 Å². The third kappa shape index (κ3) is 8.53. The largest absolute Gasteiger partial charge is 0.460 e. The standard InChI is InChI=1S/C34H40N3O6P/c1-24-30(33(39)42-19-18-36(28-15-9-6-10-16-28)21-26-12-7-5-8-13-26)31(27-14-11-17-29(20-27)37(40)41)32(25(2)35-24)44-43-23-34(3,4)22-38/h5-17,20,31,35,38,44H,18-19,21-23H2,1-4H3. The van der Waals surface area contributed by atoms with Gasteiger partial charge in [0.1, 0.15) is 6.61 Å². The molecule has 2 N–H and O–H groups in total. The molecule has 0 saturated carbocycles. The molecule has 232 valence electrons. The van der Waals surface area contributed by atoms with Crippen molar-refractivity contribution < 1.29 is 24.1 Å². The number of non-ortho nitro benzene ring substituents is 1. The van der Waals surface area contributed by atoms with Crippen molar-refractivity contribution in [2.24, 2.45) is 5.41 Å². The highest BCUT2D eigenvalue weighted by Gasteiger charge is 2.35. The zero-order chi connectivity index (χ0) is 31.7. The lowest BCUT2D eigenvalue weighted by molar-refractivity contribution is -0.384. The number of ether oxygens (including phenoxy) is 1. The Morgan fingerprint density at radius 3 is 2.36 bits per heavy atom. The van der Waals surface area contributed by atoms with Gasteiger partial charge in [0.2, 0.25) is 0 Å². The second kappa shape index (κ2) is 15.1. The molecule has 2 atom stereocenters. The molecule has 4 rings (SSSR count). The van der Waals surface area contributed by atoms with Gasteiger partial charge in [0.25, 0.3) is 5.69 Å². The molecule has 0 saturated heterocycles. The number of para-hydroxylation sites is 1. The fourth-order valence-electron chi connectivity index (χ4n) is 4.97. The zero-order valence-corrected chi connectivity index (χ0v) is 26.6. The molecule has 0 spiro atoms. The van der Waals surface area contributed by atoms with E-state index in [9.17, 15) is 20.0 Å². The van der Waals surface area contributed by atoms with E-state index >= 15 is 0 Å². The van der Waals surface area contributed by atoms with Gasteiger partial charge in [-0.3, -0.25) is 10.1 Å². The van der Waals surface area contributed by atoms with Gasteiger partial charge in [-0.15, -0.1) is 0 Å². The molecule has 0 bridgehead atoms. The predicted octanol–water partition coefficient (Wildman–Crippen LogP) is 6.67. The summed E-state index contributed by atoms with van der Waals surface area (Å²) in [4.78, 5) is 27.2. The van der Waals surface area contributed by atoms with E-state index in [1.807, 2.05) is 76.2 Å². The fraction of sp³-hybridized carbons (Fsp3) is 0.324. The average molecular weight is 618 g/mol. The van der Waals surface area contributed by atoms with Crippen LogP contribution in [0.15, 0.2) is 107 Å². The normalized spacial score (nSPS) is 15.4. The number of rotatable bonds is 14. The smallest absolute Gasteiger partial charge is 0.336 e. The molecule has 0 aliphatic carbocycles. The fourth-order valence-corrected chi connectivity index (χ4v) is 6.24. The summed E-state index contributed by atoms with van der Waals surface area (Å²) in [7, 11) is -0.147. The molecule has 1 aliphatic heterocycles. The Kier molecular flexibility index (Phi) is 11.3. The van der Waals surface area contributed by atoms with Crippen LogP contribution >= 0.6 is 8.81 Å². The first-order chi connectivity index (χ1) is 21.1. The van der Waals surface area contributed by atoms with E-state index in [1.54, 1.807) is 12.1 Å². The quantitative estimate of drug-likeness (QED) is 0.0893. The van der Waals surface area contributed by atoms with Crippen molar-refractivity contribution in [2.75, 3.05) is 31.3 Å². The van der Waals surface area contributed by atoms with Crippen LogP contribution in [0.25, 0.3) is 0 Å². The molecule has 10 heteroatoms. The molecular weight excluding hydrogens is 577 g/mol. The highest BCUT2D eigenvalue weighted by Crippen LogP contribution is 2.48. The molecule has 0 aromatic heterocycles. The number of allylic oxidation sites excluding steroid dienone is 3. The number of nitrogens with zero attached hydrogens (tertiary/aromatic N) is 2. The first-order valence-electron chi connectivity index (χ1n) is 14.5. The minimum absolute atomic E-state index is 0.0388. The van der Waals surface area contributed by atoms with Crippen LogP contribution in [-0.2, 0) is 20.6 Å². The topological polar surface area (TPSA) is 114 Å². The number of aliphatic hydroxyl groups excluding tert-OH is 1. The van der Waals surface area contributed by atoms with Crippen LogP contribution in [0.2, 0.25) is 0 Å². The number of esters is 1. The van der Waals surface area contributed by atoms with Crippen molar-refractivity contribution in [1.82, 2.24) is 5.32 Å². The van der Waals surface area contributed by atoms with Gasteiger partial charge in [-0.2, -0.15) is 0 Å². The maximum atomic E-state index is 13.9. The van der Waals surface area contributed by atoms with E-state index in [1.165, 1.54) is 12.1 Å². The Balaban J connectivity index is 1.58. The van der Waals surface area contributed by atoms with E-state index in [4.69, 9.17) is 9.26 Å². The summed E-state index contributed by atoms with van der Waals surface area (Å²) in [6.45, 7) is 9.04. The van der Waals surface area contributed by atoms with Gasteiger partial charge >= 0.3 is 5.97 Å². The second-order valence-corrected chi connectivity index (χ2v) is 12.6. The number of hydrogen-bond donors (Lipinski definition) is 2. The molecule has 2 unspecified atom stereocenters. The Morgan fingerprint density at radius 1 is 1.02 bits per heavy atom. The molecule has 44 heavy (non-hydrogen) atoms. The van der Waals surface area contributed by atoms with Crippen molar-refractivity contribution in [3.05, 3.63) is 128 Å². The summed E-state index contributed by atoms with van der Waals surface area (Å²) in [5, 5.41) is 25.4. The Morgan fingerprint density at radius 2 is 1.70 bits per heavy atom. The van der Waals surface area contributed by atoms with Crippen molar-refractivity contribution in [2.45, 2.75) is 40.2 Å². The first kappa shape index (κ1) is 32.9. The predicted molar refractivity (Wildman–Crippen MR) is 174 cm³/mol. The molecule has 1 heterocycles. The molecule has 0 amide bonds. The van der Waals surface area contributed by atoms with Crippen LogP contribution in [0.5, 0.6) is 0 Å². The van der Waals surface area contributed by atoms with E-state index < -0.39 is 22.2 Å². The summed E-state index contributed by atoms with van der Waals surface area (Å²) >= 11 is 0. The van der Waals surface area contributed by atoms with Gasteiger partial charge in [0.05, 0.1) is 30.3 Å². The minimum Gasteiger partial charge on any atom is -0.460 e. The number of carbonyl (C=O) groups is 1. The van der Waals surface area contributed by atoms with Crippen LogP contribution in [0.1, 0.15) is 44.7 Å². The lowest BCUT2D eigenvalue weighted by Gasteiger charge is -2.32. The van der Waals surface area contributed by atoms with E-state index in [2.05, 4.69) is 22.3 Å². The van der Waals surface area contributed by atoms with Crippen LogP contribution in [-0.4, -0.2) is 42.4 Å². The Bertz CT molecular complexity index is 1510. The Labute approximate surface area is 260 Å². The number of nitro benzene ring substituents is 1. The monoisotopic (exact) mass is 617 g/mol. The van der Waals surface area contributed by atoms with Gasteiger partial charge in [-0.1, -0.05) is 74.5 Å². The highest BCUT2D eigenvalue weighted by molar-refractivity contribution is 7.37. The van der Waals surface area contributed by atoms with Gasteiger partial charge in [0.15, 0.2) is 0 Å². The minimum atomic E-state index is -0.603. The SMILES string of the molecule is CC1=C(POCC(C)(C)CO)C(c2cccc([N+](=O)[O-])c2)C(C(=O)OCCN(Cc2ccccc2)c2ccccc2)=C(C)N1. The number of dihydropyridines is 1. The van der Waals surface area contributed by atoms with Gasteiger partial charge in [0, 0.05) is 61.2 Å². The third-order valence-corrected chi connectivity index (χ3v) is 8.57. The first-order valence-corrected chi connectivity index (χ1v) is 15.4. The summed E-state index contributed by atoms with van der Waals surface area (Å²) in [6, 6.07) is 26.4. The molecule has 0 radical (unpaired) electrons. The molecule has 9 nitrogen and oxygen atoms in total. The molecular formula is C34H40N3O6P. The van der Waals surface area contributed by atoms with Crippen molar-refractivity contribution in [3.8, 4) is 0 Å². The summed E-state index contributed by atoms with van der Waals surface area (Å²) in [5.74, 6) is -1.10. The van der Waals surface area contributed by atoms with Crippen LogP contribution < -0.4 is 10.2 Å². The average Bonchev–Trinajstić information content (AvgIpc) is 3.02. The van der Waals surface area contributed by atoms with Gasteiger partial charge < -0.3 is 24.6 Å². The molecule has 0 fully saturated rings. The van der Waals surface area contributed by atoms with E-state index in [0.29, 0.717) is 36.5 Å². The lowest BCUT2D eigenvalue weighted by atomic mass is 9.86. The zero-order valence-electron chi connectivity index (χ0n) is 25.6. The highest BCUT2D eigenvalue weighted by atomic mass is 31.1. The lowest BCUT2D eigenvalue weighted by Crippen LogP contribution is -2.31. The van der Waals surface area contributed by atoms with Gasteiger partial charge in [-0.25, -0.2) is 4.79 Å². The number of hydrogen-bond acceptors (Lipinski definition) is 8. The van der Waals surface area contributed by atoms with Gasteiger partial charge in [-0.05, 0) is 37.1 Å².